The molecule has 0 fully saturated rings. The Morgan fingerprint density at radius 1 is 1.00 bits per heavy atom. The van der Waals surface area contributed by atoms with Crippen LogP contribution in [-0.2, 0) is 20.7 Å². The van der Waals surface area contributed by atoms with E-state index in [-0.39, 0.29) is 24.4 Å². The van der Waals surface area contributed by atoms with Gasteiger partial charge in [0, 0.05) is 11.6 Å². The number of esters is 1. The van der Waals surface area contributed by atoms with E-state index in [1.165, 1.54) is 13.2 Å². The number of carbonyl (C=O) groups excluding carboxylic acids is 2. The van der Waals surface area contributed by atoms with Crippen LogP contribution in [0.4, 0.5) is 10.5 Å². The van der Waals surface area contributed by atoms with E-state index >= 15 is 0 Å². The second-order valence-electron chi connectivity index (χ2n) is 7.93. The summed E-state index contributed by atoms with van der Waals surface area (Å²) in [4.78, 5) is 24.3. The van der Waals surface area contributed by atoms with Crippen molar-refractivity contribution in [3.05, 3.63) is 82.9 Å². The minimum Gasteiger partial charge on any atom is -0.469 e. The molecule has 1 amide bonds. The van der Waals surface area contributed by atoms with E-state index in [9.17, 15) is 19.6 Å². The van der Waals surface area contributed by atoms with E-state index in [1.807, 2.05) is 36.4 Å². The van der Waals surface area contributed by atoms with Crippen molar-refractivity contribution < 1.29 is 29.1 Å². The van der Waals surface area contributed by atoms with Crippen LogP contribution < -0.4 is 10.8 Å². The first-order valence-corrected chi connectivity index (χ1v) is 10.6. The van der Waals surface area contributed by atoms with Gasteiger partial charge in [0.25, 0.3) is 0 Å². The molecule has 33 heavy (non-hydrogen) atoms. The molecule has 0 aliphatic heterocycles. The standard InChI is InChI=1S/C25H24BNO6/c1-15-16(12-24(28)32-2)11-17(13-23(15)26(30)31)27-25(29)33-14-22-20-9-5-3-7-18(20)19-8-4-6-10-21(19)22/h3-11,13,22,30-31H,12,14H2,1-2H3,(H,27,29). The van der Waals surface area contributed by atoms with Crippen LogP contribution in [0.1, 0.15) is 28.2 Å². The number of fused-ring (bicyclic) bond motifs is 3. The topological polar surface area (TPSA) is 105 Å². The summed E-state index contributed by atoms with van der Waals surface area (Å²) in [6.45, 7) is 1.82. The minimum atomic E-state index is -1.76. The monoisotopic (exact) mass is 445 g/mol. The van der Waals surface area contributed by atoms with Gasteiger partial charge in [-0.2, -0.15) is 0 Å². The number of rotatable bonds is 6. The molecule has 3 aromatic carbocycles. The number of benzene rings is 3. The van der Waals surface area contributed by atoms with Gasteiger partial charge in [-0.1, -0.05) is 48.5 Å². The Morgan fingerprint density at radius 3 is 2.18 bits per heavy atom. The molecule has 0 heterocycles. The quantitative estimate of drug-likeness (QED) is 0.398. The van der Waals surface area contributed by atoms with Crippen molar-refractivity contribution in [1.29, 1.82) is 0 Å². The van der Waals surface area contributed by atoms with Crippen LogP contribution in [0.25, 0.3) is 11.1 Å². The fraction of sp³-hybridized carbons (Fsp3) is 0.200. The SMILES string of the molecule is COC(=O)Cc1cc(NC(=O)OCC2c3ccccc3-c3ccccc32)cc(B(O)O)c1C. The Hall–Kier alpha value is -3.62. The lowest BCUT2D eigenvalue weighted by Gasteiger charge is -2.16. The van der Waals surface area contributed by atoms with Crippen molar-refractivity contribution in [3.63, 3.8) is 0 Å². The Kier molecular flexibility index (Phi) is 6.49. The van der Waals surface area contributed by atoms with Crippen molar-refractivity contribution in [2.75, 3.05) is 19.0 Å². The fourth-order valence-electron chi connectivity index (χ4n) is 4.30. The van der Waals surface area contributed by atoms with Gasteiger partial charge >= 0.3 is 19.2 Å². The smallest absolute Gasteiger partial charge is 0.469 e. The molecule has 3 N–H and O–H groups in total. The Morgan fingerprint density at radius 2 is 1.61 bits per heavy atom. The highest BCUT2D eigenvalue weighted by atomic mass is 16.5. The second-order valence-corrected chi connectivity index (χ2v) is 7.93. The van der Waals surface area contributed by atoms with Crippen molar-refractivity contribution >= 4 is 30.3 Å². The van der Waals surface area contributed by atoms with E-state index in [0.717, 1.165) is 22.3 Å². The molecule has 0 saturated heterocycles. The predicted molar refractivity (Wildman–Crippen MR) is 125 cm³/mol. The predicted octanol–water partition coefficient (Wildman–Crippen LogP) is 2.75. The number of amides is 1. The first-order chi connectivity index (χ1) is 15.9. The van der Waals surface area contributed by atoms with Gasteiger partial charge in [0.15, 0.2) is 0 Å². The summed E-state index contributed by atoms with van der Waals surface area (Å²) < 4.78 is 10.3. The molecule has 4 rings (SSSR count). The molecule has 0 saturated carbocycles. The molecule has 0 atom stereocenters. The lowest BCUT2D eigenvalue weighted by molar-refractivity contribution is -0.139. The summed E-state index contributed by atoms with van der Waals surface area (Å²) in [5, 5.41) is 22.0. The second kappa shape index (κ2) is 9.48. The molecule has 168 valence electrons. The summed E-state index contributed by atoms with van der Waals surface area (Å²) in [5.74, 6) is -0.555. The average Bonchev–Trinajstić information content (AvgIpc) is 3.13. The van der Waals surface area contributed by atoms with E-state index in [0.29, 0.717) is 16.8 Å². The maximum atomic E-state index is 12.6. The maximum absolute atomic E-state index is 12.6. The number of anilines is 1. The third-order valence-corrected chi connectivity index (χ3v) is 5.99. The van der Waals surface area contributed by atoms with E-state index in [4.69, 9.17) is 9.47 Å². The lowest BCUT2D eigenvalue weighted by Crippen LogP contribution is -2.34. The zero-order valence-corrected chi connectivity index (χ0v) is 18.4. The molecule has 1 aliphatic rings. The van der Waals surface area contributed by atoms with Gasteiger partial charge in [-0.25, -0.2) is 4.79 Å². The van der Waals surface area contributed by atoms with Crippen molar-refractivity contribution in [2.45, 2.75) is 19.3 Å². The van der Waals surface area contributed by atoms with E-state index in [1.54, 1.807) is 13.0 Å². The maximum Gasteiger partial charge on any atom is 0.488 e. The first-order valence-electron chi connectivity index (χ1n) is 10.6. The highest BCUT2D eigenvalue weighted by Gasteiger charge is 2.29. The zero-order chi connectivity index (χ0) is 23.5. The molecule has 7 nitrogen and oxygen atoms in total. The van der Waals surface area contributed by atoms with Crippen molar-refractivity contribution in [1.82, 2.24) is 0 Å². The van der Waals surface area contributed by atoms with Crippen LogP contribution >= 0.6 is 0 Å². The summed E-state index contributed by atoms with van der Waals surface area (Å²) in [6, 6.07) is 19.1. The van der Waals surface area contributed by atoms with Crippen LogP contribution in [-0.4, -0.2) is 42.9 Å². The average molecular weight is 445 g/mol. The fourth-order valence-corrected chi connectivity index (χ4v) is 4.30. The molecule has 0 unspecified atom stereocenters. The minimum absolute atomic E-state index is 0.0672. The van der Waals surface area contributed by atoms with Gasteiger partial charge in [-0.05, 0) is 57.9 Å². The van der Waals surface area contributed by atoms with Crippen LogP contribution in [0, 0.1) is 6.92 Å². The summed E-state index contributed by atoms with van der Waals surface area (Å²) in [7, 11) is -0.483. The Labute approximate surface area is 192 Å². The van der Waals surface area contributed by atoms with Crippen LogP contribution in [0.2, 0.25) is 0 Å². The molecule has 0 bridgehead atoms. The molecular weight excluding hydrogens is 421 g/mol. The van der Waals surface area contributed by atoms with Gasteiger partial charge in [0.1, 0.15) is 6.61 Å². The van der Waals surface area contributed by atoms with E-state index in [2.05, 4.69) is 17.4 Å². The molecule has 0 radical (unpaired) electrons. The molecule has 1 aliphatic carbocycles. The highest BCUT2D eigenvalue weighted by molar-refractivity contribution is 6.59. The first kappa shape index (κ1) is 22.6. The molecule has 0 spiro atoms. The number of nitrogens with one attached hydrogen (secondary N) is 1. The van der Waals surface area contributed by atoms with Crippen molar-refractivity contribution in [3.8, 4) is 11.1 Å². The largest absolute Gasteiger partial charge is 0.488 e. The van der Waals surface area contributed by atoms with Gasteiger partial charge in [-0.3, -0.25) is 10.1 Å². The number of ether oxygens (including phenoxy) is 2. The summed E-state index contributed by atoms with van der Waals surface area (Å²) >= 11 is 0. The third kappa shape index (κ3) is 4.62. The van der Waals surface area contributed by atoms with Crippen LogP contribution in [0.3, 0.4) is 0 Å². The summed E-state index contributed by atoms with van der Waals surface area (Å²) in [6.07, 6.45) is -0.745. The number of hydrogen-bond acceptors (Lipinski definition) is 6. The zero-order valence-electron chi connectivity index (χ0n) is 18.4. The van der Waals surface area contributed by atoms with Crippen molar-refractivity contribution in [2.24, 2.45) is 0 Å². The number of carbonyl (C=O) groups is 2. The summed E-state index contributed by atoms with van der Waals surface area (Å²) in [5.41, 5.74) is 6.00. The number of methoxy groups -OCH3 is 1. The normalized spacial score (nSPS) is 12.0. The van der Waals surface area contributed by atoms with Gasteiger partial charge in [0.05, 0.1) is 13.5 Å². The Balaban J connectivity index is 1.51. The molecule has 8 heteroatoms. The van der Waals surface area contributed by atoms with Gasteiger partial charge in [-0.15, -0.1) is 0 Å². The Bertz CT molecular complexity index is 1160. The lowest BCUT2D eigenvalue weighted by atomic mass is 9.75. The van der Waals surface area contributed by atoms with Crippen LogP contribution in [0.15, 0.2) is 60.7 Å². The van der Waals surface area contributed by atoms with Gasteiger partial charge in [0.2, 0.25) is 0 Å². The van der Waals surface area contributed by atoms with Crippen LogP contribution in [0.5, 0.6) is 0 Å². The molecular formula is C25H24BNO6. The third-order valence-electron chi connectivity index (χ3n) is 5.99. The highest BCUT2D eigenvalue weighted by Crippen LogP contribution is 2.44. The molecule has 3 aromatic rings. The van der Waals surface area contributed by atoms with E-state index < -0.39 is 19.2 Å². The number of hydrogen-bond donors (Lipinski definition) is 3. The van der Waals surface area contributed by atoms with Gasteiger partial charge < -0.3 is 19.5 Å². The molecule has 0 aromatic heterocycles.